The fraction of sp³-hybridized carbons (Fsp3) is 0.286. The standard InChI is InChI=1S/C21H21Cl2N3O3/c1-2-16(24-19(27)9-10-20(28)29)21-25-17-5-3-4-6-18(17)26(21)12-13-7-8-14(22)15(23)11-13/h3-8,11,16H,2,9-10,12H2,1H3,(H,24,27)(H,28,29). The van der Waals surface area contributed by atoms with E-state index in [-0.39, 0.29) is 24.8 Å². The lowest BCUT2D eigenvalue weighted by atomic mass is 10.1. The van der Waals surface area contributed by atoms with Gasteiger partial charge in [-0.05, 0) is 36.2 Å². The second-order valence-corrected chi connectivity index (χ2v) is 7.53. The van der Waals surface area contributed by atoms with Crippen molar-refractivity contribution in [2.75, 3.05) is 0 Å². The number of para-hydroxylation sites is 2. The number of halogens is 2. The van der Waals surface area contributed by atoms with Gasteiger partial charge < -0.3 is 15.0 Å². The van der Waals surface area contributed by atoms with Gasteiger partial charge in [-0.3, -0.25) is 9.59 Å². The number of rotatable bonds is 8. The van der Waals surface area contributed by atoms with Crippen LogP contribution in [0, 0.1) is 0 Å². The fourth-order valence-corrected chi connectivity index (χ4v) is 3.50. The Morgan fingerprint density at radius 2 is 1.90 bits per heavy atom. The zero-order valence-electron chi connectivity index (χ0n) is 15.9. The minimum atomic E-state index is -1.000. The molecule has 29 heavy (non-hydrogen) atoms. The van der Waals surface area contributed by atoms with Crippen LogP contribution >= 0.6 is 23.2 Å². The summed E-state index contributed by atoms with van der Waals surface area (Å²) in [5.74, 6) is -0.601. The molecule has 0 radical (unpaired) electrons. The molecule has 0 aliphatic rings. The summed E-state index contributed by atoms with van der Waals surface area (Å²) in [6, 6.07) is 12.9. The normalized spacial score (nSPS) is 12.1. The number of fused-ring (bicyclic) bond motifs is 1. The van der Waals surface area contributed by atoms with Gasteiger partial charge in [-0.25, -0.2) is 4.98 Å². The number of hydrogen-bond donors (Lipinski definition) is 2. The molecule has 0 bridgehead atoms. The van der Waals surface area contributed by atoms with Gasteiger partial charge in [0.15, 0.2) is 0 Å². The van der Waals surface area contributed by atoms with E-state index in [0.29, 0.717) is 28.8 Å². The van der Waals surface area contributed by atoms with E-state index in [4.69, 9.17) is 33.3 Å². The van der Waals surface area contributed by atoms with Crippen LogP contribution in [0.2, 0.25) is 10.0 Å². The van der Waals surface area contributed by atoms with Gasteiger partial charge in [-0.2, -0.15) is 0 Å². The van der Waals surface area contributed by atoms with Crippen molar-refractivity contribution in [2.45, 2.75) is 38.8 Å². The maximum Gasteiger partial charge on any atom is 0.303 e. The molecule has 0 saturated heterocycles. The molecule has 0 aliphatic heterocycles. The van der Waals surface area contributed by atoms with E-state index < -0.39 is 5.97 Å². The van der Waals surface area contributed by atoms with Crippen LogP contribution in [-0.2, 0) is 16.1 Å². The molecule has 0 aliphatic carbocycles. The zero-order chi connectivity index (χ0) is 21.0. The highest BCUT2D eigenvalue weighted by Crippen LogP contribution is 2.27. The lowest BCUT2D eigenvalue weighted by molar-refractivity contribution is -0.138. The first kappa shape index (κ1) is 21.1. The third-order valence-corrected chi connectivity index (χ3v) is 5.37. The van der Waals surface area contributed by atoms with Crippen molar-refractivity contribution in [1.82, 2.24) is 14.9 Å². The van der Waals surface area contributed by atoms with Gasteiger partial charge in [0, 0.05) is 13.0 Å². The van der Waals surface area contributed by atoms with Crippen molar-refractivity contribution in [1.29, 1.82) is 0 Å². The van der Waals surface area contributed by atoms with Crippen molar-refractivity contribution in [2.24, 2.45) is 0 Å². The highest BCUT2D eigenvalue weighted by atomic mass is 35.5. The molecule has 1 amide bonds. The van der Waals surface area contributed by atoms with E-state index in [2.05, 4.69) is 5.32 Å². The topological polar surface area (TPSA) is 84.2 Å². The molecule has 8 heteroatoms. The number of carbonyl (C=O) groups excluding carboxylic acids is 1. The van der Waals surface area contributed by atoms with Gasteiger partial charge in [0.1, 0.15) is 5.82 Å². The van der Waals surface area contributed by atoms with Crippen molar-refractivity contribution in [3.05, 3.63) is 63.9 Å². The highest BCUT2D eigenvalue weighted by Gasteiger charge is 2.21. The van der Waals surface area contributed by atoms with Crippen molar-refractivity contribution in [3.63, 3.8) is 0 Å². The van der Waals surface area contributed by atoms with E-state index in [1.54, 1.807) is 6.07 Å². The minimum Gasteiger partial charge on any atom is -0.481 e. The molecule has 2 aromatic carbocycles. The SMILES string of the molecule is CCC(NC(=O)CCC(=O)O)c1nc2ccccc2n1Cc1ccc(Cl)c(Cl)c1. The third-order valence-electron chi connectivity index (χ3n) is 4.63. The maximum atomic E-state index is 12.2. The summed E-state index contributed by atoms with van der Waals surface area (Å²) < 4.78 is 2.04. The largest absolute Gasteiger partial charge is 0.481 e. The van der Waals surface area contributed by atoms with Crippen molar-refractivity contribution >= 4 is 46.1 Å². The number of aliphatic carboxylic acids is 1. The Labute approximate surface area is 178 Å². The number of carbonyl (C=O) groups is 2. The van der Waals surface area contributed by atoms with E-state index in [9.17, 15) is 9.59 Å². The van der Waals surface area contributed by atoms with Gasteiger partial charge in [-0.1, -0.05) is 48.3 Å². The van der Waals surface area contributed by atoms with Crippen LogP contribution in [0.1, 0.15) is 43.6 Å². The Morgan fingerprint density at radius 1 is 1.14 bits per heavy atom. The van der Waals surface area contributed by atoms with Gasteiger partial charge in [0.05, 0.1) is 33.5 Å². The second-order valence-electron chi connectivity index (χ2n) is 6.72. The average molecular weight is 434 g/mol. The number of amides is 1. The van der Waals surface area contributed by atoms with Crippen LogP contribution < -0.4 is 5.32 Å². The van der Waals surface area contributed by atoms with Gasteiger partial charge in [0.2, 0.25) is 5.91 Å². The Morgan fingerprint density at radius 3 is 2.59 bits per heavy atom. The van der Waals surface area contributed by atoms with E-state index in [0.717, 1.165) is 16.6 Å². The molecule has 0 saturated carbocycles. The zero-order valence-corrected chi connectivity index (χ0v) is 17.4. The number of hydrogen-bond acceptors (Lipinski definition) is 3. The average Bonchev–Trinajstić information content (AvgIpc) is 3.05. The quantitative estimate of drug-likeness (QED) is 0.532. The smallest absolute Gasteiger partial charge is 0.303 e. The number of nitrogens with one attached hydrogen (secondary N) is 1. The number of aromatic nitrogens is 2. The number of carboxylic acid groups (broad SMARTS) is 1. The fourth-order valence-electron chi connectivity index (χ4n) is 3.18. The Bertz CT molecular complexity index is 1050. The van der Waals surface area contributed by atoms with E-state index >= 15 is 0 Å². The predicted octanol–water partition coefficient (Wildman–Crippen LogP) is 4.82. The molecule has 152 valence electrons. The first-order chi connectivity index (χ1) is 13.9. The van der Waals surface area contributed by atoms with Gasteiger partial charge >= 0.3 is 5.97 Å². The number of carboxylic acids is 1. The number of imidazole rings is 1. The van der Waals surface area contributed by atoms with Crippen LogP contribution in [0.3, 0.4) is 0 Å². The summed E-state index contributed by atoms with van der Waals surface area (Å²) in [5.41, 5.74) is 2.71. The number of nitrogens with zero attached hydrogens (tertiary/aromatic N) is 2. The highest BCUT2D eigenvalue weighted by molar-refractivity contribution is 6.42. The van der Waals surface area contributed by atoms with Gasteiger partial charge in [-0.15, -0.1) is 0 Å². The molecule has 1 atom stereocenters. The summed E-state index contributed by atoms with van der Waals surface area (Å²) in [4.78, 5) is 27.7. The van der Waals surface area contributed by atoms with E-state index in [1.807, 2.05) is 47.9 Å². The summed E-state index contributed by atoms with van der Waals surface area (Å²) in [5, 5.41) is 12.7. The molecule has 1 unspecified atom stereocenters. The Hall–Kier alpha value is -2.57. The lowest BCUT2D eigenvalue weighted by Gasteiger charge is -2.19. The monoisotopic (exact) mass is 433 g/mol. The molecule has 3 aromatic rings. The molecular formula is C21H21Cl2N3O3. The van der Waals surface area contributed by atoms with Crippen LogP contribution in [0.25, 0.3) is 11.0 Å². The molecule has 2 N–H and O–H groups in total. The van der Waals surface area contributed by atoms with Crippen molar-refractivity contribution in [3.8, 4) is 0 Å². The predicted molar refractivity (Wildman–Crippen MR) is 113 cm³/mol. The Balaban J connectivity index is 1.95. The molecular weight excluding hydrogens is 413 g/mol. The van der Waals surface area contributed by atoms with Crippen LogP contribution in [-0.4, -0.2) is 26.5 Å². The summed E-state index contributed by atoms with van der Waals surface area (Å²) in [6.07, 6.45) is 0.338. The third kappa shape index (κ3) is 5.08. The maximum absolute atomic E-state index is 12.2. The summed E-state index contributed by atoms with van der Waals surface area (Å²) in [7, 11) is 0. The Kier molecular flexibility index (Phi) is 6.77. The minimum absolute atomic E-state index is 0.0706. The van der Waals surface area contributed by atoms with Crippen LogP contribution in [0.15, 0.2) is 42.5 Å². The van der Waals surface area contributed by atoms with Crippen LogP contribution in [0.4, 0.5) is 0 Å². The molecule has 6 nitrogen and oxygen atoms in total. The molecule has 0 spiro atoms. The summed E-state index contributed by atoms with van der Waals surface area (Å²) in [6.45, 7) is 2.46. The number of benzene rings is 2. The molecule has 1 heterocycles. The summed E-state index contributed by atoms with van der Waals surface area (Å²) >= 11 is 12.2. The van der Waals surface area contributed by atoms with Gasteiger partial charge in [0.25, 0.3) is 0 Å². The first-order valence-corrected chi connectivity index (χ1v) is 10.0. The second kappa shape index (κ2) is 9.29. The first-order valence-electron chi connectivity index (χ1n) is 9.29. The van der Waals surface area contributed by atoms with E-state index in [1.165, 1.54) is 0 Å². The lowest BCUT2D eigenvalue weighted by Crippen LogP contribution is -2.30. The molecule has 0 fully saturated rings. The van der Waals surface area contributed by atoms with Crippen LogP contribution in [0.5, 0.6) is 0 Å². The van der Waals surface area contributed by atoms with Crippen molar-refractivity contribution < 1.29 is 14.7 Å². The molecule has 1 aromatic heterocycles. The molecule has 3 rings (SSSR count).